The lowest BCUT2D eigenvalue weighted by Crippen LogP contribution is -2.34. The van der Waals surface area contributed by atoms with Gasteiger partial charge in [0, 0.05) is 13.5 Å². The zero-order valence-corrected chi connectivity index (χ0v) is 13.3. The molecule has 24 heavy (non-hydrogen) atoms. The molecule has 4 rings (SSSR count). The van der Waals surface area contributed by atoms with Crippen LogP contribution in [0.25, 0.3) is 10.3 Å². The van der Waals surface area contributed by atoms with Crippen LogP contribution in [0.2, 0.25) is 0 Å². The third-order valence-corrected chi connectivity index (χ3v) is 4.93. The molecule has 0 saturated carbocycles. The molecule has 2 aliphatic heterocycles. The third-order valence-electron chi connectivity index (χ3n) is 3.98. The van der Waals surface area contributed by atoms with E-state index >= 15 is 0 Å². The van der Waals surface area contributed by atoms with Gasteiger partial charge in [0.05, 0.1) is 0 Å². The van der Waals surface area contributed by atoms with Crippen molar-refractivity contribution in [2.45, 2.75) is 25.4 Å². The number of hydrogen-bond donors (Lipinski definition) is 1. The van der Waals surface area contributed by atoms with Gasteiger partial charge in [0.2, 0.25) is 7.98 Å². The van der Waals surface area contributed by atoms with Crippen molar-refractivity contribution in [3.8, 4) is 0 Å². The Labute approximate surface area is 139 Å². The summed E-state index contributed by atoms with van der Waals surface area (Å²) in [5.41, 5.74) is 0.160. The maximum Gasteiger partial charge on any atom is 0.311 e. The van der Waals surface area contributed by atoms with Crippen molar-refractivity contribution >= 4 is 41.6 Å². The second kappa shape index (κ2) is 5.05. The van der Waals surface area contributed by atoms with Crippen molar-refractivity contribution in [2.24, 2.45) is 0 Å². The normalized spacial score (nSPS) is 25.6. The van der Waals surface area contributed by atoms with E-state index in [1.54, 1.807) is 0 Å². The van der Waals surface area contributed by atoms with E-state index in [1.165, 1.54) is 16.3 Å². The van der Waals surface area contributed by atoms with E-state index in [0.717, 1.165) is 11.3 Å². The smallest absolute Gasteiger partial charge is 0.311 e. The van der Waals surface area contributed by atoms with Crippen molar-refractivity contribution in [1.82, 2.24) is 14.5 Å². The second-order valence-corrected chi connectivity index (χ2v) is 6.51. The lowest BCUT2D eigenvalue weighted by atomic mass is 10.1. The minimum absolute atomic E-state index is 0.118. The highest BCUT2D eigenvalue weighted by Gasteiger charge is 2.45. The van der Waals surface area contributed by atoms with Crippen LogP contribution in [0.4, 0.5) is 5.95 Å². The molecule has 0 spiro atoms. The van der Waals surface area contributed by atoms with E-state index < -0.39 is 34.8 Å². The number of esters is 1. The number of anilines is 1. The fraction of sp³-hybridized carbons (Fsp3) is 0.385. The maximum absolute atomic E-state index is 12.4. The van der Waals surface area contributed by atoms with Gasteiger partial charge in [-0.3, -0.25) is 23.9 Å². The molecule has 3 atom stereocenters. The van der Waals surface area contributed by atoms with Gasteiger partial charge in [0.15, 0.2) is 23.9 Å². The molecule has 0 unspecified atom stereocenters. The molecule has 4 bridgehead atoms. The van der Waals surface area contributed by atoms with E-state index in [-0.39, 0.29) is 22.8 Å². The summed E-state index contributed by atoms with van der Waals surface area (Å²) in [7, 11) is 5.95. The third kappa shape index (κ3) is 2.05. The molecule has 0 amide bonds. The highest BCUT2D eigenvalue weighted by atomic mass is 32.1. The lowest BCUT2D eigenvalue weighted by Gasteiger charge is -2.22. The van der Waals surface area contributed by atoms with E-state index in [1.807, 2.05) is 0 Å². The Morgan fingerprint density at radius 2 is 2.29 bits per heavy atom. The number of rotatable bonds is 1. The number of carbonyl (C=O) groups excluding carboxylic acids is 1. The quantitative estimate of drug-likeness (QED) is 0.419. The number of fused-ring (bicyclic) bond motifs is 4. The first-order valence-corrected chi connectivity index (χ1v) is 7.87. The molecule has 2 aliphatic rings. The second-order valence-electron chi connectivity index (χ2n) is 5.55. The molecule has 122 valence electrons. The Balaban J connectivity index is 2.01. The summed E-state index contributed by atoms with van der Waals surface area (Å²) in [5, 5.41) is 0. The number of carbonyl (C=O) groups is 1. The number of nitrogens with zero attached hydrogens (tertiary/aromatic N) is 3. The van der Waals surface area contributed by atoms with Gasteiger partial charge in [0.25, 0.3) is 5.56 Å². The van der Waals surface area contributed by atoms with Crippen molar-refractivity contribution in [3.63, 3.8) is 0 Å². The Kier molecular flexibility index (Phi) is 3.19. The number of ether oxygens (including phenoxy) is 2. The number of hydrogen-bond acceptors (Lipinski definition) is 8. The molecule has 0 aliphatic carbocycles. The molecular weight excluding hydrogens is 335 g/mol. The number of nitrogens with one attached hydrogen (secondary N) is 1. The molecule has 1 fully saturated rings. The summed E-state index contributed by atoms with van der Waals surface area (Å²) in [4.78, 5) is 43.6. The summed E-state index contributed by atoms with van der Waals surface area (Å²) >= 11 is 0.741. The van der Waals surface area contributed by atoms with Crippen LogP contribution in [0, 0.1) is 0 Å². The summed E-state index contributed by atoms with van der Waals surface area (Å²) in [5.74, 6) is -0.414. The Hall–Kier alpha value is -2.40. The molecule has 9 nitrogen and oxygen atoms in total. The van der Waals surface area contributed by atoms with Crippen LogP contribution in [0.3, 0.4) is 0 Å². The Bertz CT molecular complexity index is 994. The minimum Gasteiger partial charge on any atom is -0.453 e. The van der Waals surface area contributed by atoms with Crippen LogP contribution in [0.5, 0.6) is 0 Å². The molecule has 4 heterocycles. The monoisotopic (exact) mass is 346 g/mol. The van der Waals surface area contributed by atoms with Crippen LogP contribution >= 0.6 is 11.3 Å². The highest BCUT2D eigenvalue weighted by Crippen LogP contribution is 2.37. The lowest BCUT2D eigenvalue weighted by molar-refractivity contribution is -0.150. The summed E-state index contributed by atoms with van der Waals surface area (Å²) in [6.07, 6.45) is -2.40. The van der Waals surface area contributed by atoms with Crippen molar-refractivity contribution in [3.05, 3.63) is 32.2 Å². The van der Waals surface area contributed by atoms with Crippen molar-refractivity contribution < 1.29 is 14.3 Å². The number of H-pyrrole nitrogens is 1. The predicted molar refractivity (Wildman–Crippen MR) is 86.2 cm³/mol. The first-order chi connectivity index (χ1) is 11.4. The van der Waals surface area contributed by atoms with Crippen molar-refractivity contribution in [1.29, 1.82) is 0 Å². The maximum atomic E-state index is 12.4. The minimum atomic E-state index is -0.943. The Morgan fingerprint density at radius 1 is 1.54 bits per heavy atom. The molecule has 2 aromatic rings. The fourth-order valence-corrected chi connectivity index (χ4v) is 3.75. The molecule has 1 saturated heterocycles. The first kappa shape index (κ1) is 15.2. The highest BCUT2D eigenvalue weighted by molar-refractivity contribution is 7.16. The van der Waals surface area contributed by atoms with E-state index in [9.17, 15) is 14.4 Å². The van der Waals surface area contributed by atoms with Gasteiger partial charge in [-0.05, 0) is 5.57 Å². The standard InChI is InChI=1S/C13H11BN4O5S/c1-4-6-3-17(14)12-15-9-8(10(20)16-12)24-13(21)18(9)11(23-6)7(4)22-5(2)19/h6-7,11H,1,3H2,2H3,(H,15,16,20)/t6-,7-,11-/m1/s1. The van der Waals surface area contributed by atoms with Gasteiger partial charge in [-0.2, -0.15) is 4.98 Å². The molecule has 11 heteroatoms. The zero-order valence-electron chi connectivity index (χ0n) is 12.5. The average molecular weight is 346 g/mol. The van der Waals surface area contributed by atoms with Gasteiger partial charge in [0.1, 0.15) is 10.8 Å². The van der Waals surface area contributed by atoms with E-state index in [4.69, 9.17) is 17.5 Å². The number of aromatic amines is 1. The molecule has 2 radical (unpaired) electrons. The summed E-state index contributed by atoms with van der Waals surface area (Å²) in [6, 6.07) is 0. The zero-order chi connectivity index (χ0) is 17.2. The van der Waals surface area contributed by atoms with E-state index in [2.05, 4.69) is 16.5 Å². The molecular formula is C13H11BN4O5S. The van der Waals surface area contributed by atoms with Crippen LogP contribution in [-0.4, -0.2) is 47.2 Å². The van der Waals surface area contributed by atoms with Gasteiger partial charge in [-0.1, -0.05) is 17.9 Å². The summed E-state index contributed by atoms with van der Waals surface area (Å²) < 4.78 is 12.5. The number of aromatic nitrogens is 3. The van der Waals surface area contributed by atoms with Crippen LogP contribution in [0.15, 0.2) is 21.7 Å². The average Bonchev–Trinajstić information content (AvgIpc) is 2.98. The SMILES string of the molecule is [B]N1C[C@H]2O[C@H]([C@H](OC(C)=O)C2=C)n2c(=O)sc3c(=O)[nH]c1nc32. The van der Waals surface area contributed by atoms with Crippen molar-refractivity contribution in [2.75, 3.05) is 11.4 Å². The largest absolute Gasteiger partial charge is 0.453 e. The molecule has 1 N–H and O–H groups in total. The Morgan fingerprint density at radius 3 is 3.00 bits per heavy atom. The van der Waals surface area contributed by atoms with Gasteiger partial charge < -0.3 is 14.3 Å². The predicted octanol–water partition coefficient (Wildman–Crippen LogP) is -0.565. The summed E-state index contributed by atoms with van der Waals surface area (Å²) in [6.45, 7) is 5.31. The van der Waals surface area contributed by atoms with Gasteiger partial charge in [-0.15, -0.1) is 0 Å². The van der Waals surface area contributed by atoms with Crippen LogP contribution in [0.1, 0.15) is 13.2 Å². The van der Waals surface area contributed by atoms with Crippen LogP contribution < -0.4 is 15.2 Å². The molecule has 0 aromatic carbocycles. The van der Waals surface area contributed by atoms with Gasteiger partial charge in [-0.25, -0.2) is 0 Å². The number of thiazole rings is 1. The van der Waals surface area contributed by atoms with Gasteiger partial charge >= 0.3 is 10.8 Å². The fourth-order valence-electron chi connectivity index (χ4n) is 2.91. The van der Waals surface area contributed by atoms with E-state index in [0.29, 0.717) is 5.57 Å². The topological polar surface area (TPSA) is 107 Å². The first-order valence-electron chi connectivity index (χ1n) is 7.05. The van der Waals surface area contributed by atoms with Crippen LogP contribution in [-0.2, 0) is 14.3 Å². The molecule has 2 aromatic heterocycles.